The third kappa shape index (κ3) is 3.10. The predicted octanol–water partition coefficient (Wildman–Crippen LogP) is 2.40. The predicted molar refractivity (Wildman–Crippen MR) is 71.5 cm³/mol. The summed E-state index contributed by atoms with van der Waals surface area (Å²) in [4.78, 5) is 0. The molecular weight excluding hydrogens is 242 g/mol. The number of hydrogen-bond donors (Lipinski definition) is 1. The van der Waals surface area contributed by atoms with Gasteiger partial charge in [0.1, 0.15) is 5.60 Å². The molecule has 2 aliphatic rings. The highest BCUT2D eigenvalue weighted by Crippen LogP contribution is 2.43. The van der Waals surface area contributed by atoms with Crippen LogP contribution in [0.1, 0.15) is 52.4 Å². The summed E-state index contributed by atoms with van der Waals surface area (Å²) in [5, 5.41) is 18.7. The van der Waals surface area contributed by atoms with Crippen molar-refractivity contribution in [1.82, 2.24) is 0 Å². The van der Waals surface area contributed by atoms with Crippen molar-refractivity contribution >= 4 is 0 Å². The third-order valence-corrected chi connectivity index (χ3v) is 4.38. The van der Waals surface area contributed by atoms with E-state index in [-0.39, 0.29) is 30.8 Å². The normalized spacial score (nSPS) is 39.6. The highest BCUT2D eigenvalue weighted by Gasteiger charge is 2.52. The summed E-state index contributed by atoms with van der Waals surface area (Å²) in [5.41, 5.74) is -0.516. The van der Waals surface area contributed by atoms with E-state index in [0.717, 1.165) is 38.5 Å². The van der Waals surface area contributed by atoms with Crippen molar-refractivity contribution < 1.29 is 14.6 Å². The van der Waals surface area contributed by atoms with Gasteiger partial charge in [-0.05, 0) is 32.6 Å². The van der Waals surface area contributed by atoms with Crippen molar-refractivity contribution in [3.63, 3.8) is 0 Å². The minimum Gasteiger partial charge on any atom is -0.393 e. The maximum atomic E-state index is 9.78. The lowest BCUT2D eigenvalue weighted by atomic mass is 9.85. The molecule has 4 nitrogen and oxygen atoms in total. The van der Waals surface area contributed by atoms with Crippen molar-refractivity contribution in [2.24, 2.45) is 5.92 Å². The maximum Gasteiger partial charge on any atom is 0.120 e. The van der Waals surface area contributed by atoms with Gasteiger partial charge in [0, 0.05) is 12.3 Å². The van der Waals surface area contributed by atoms with E-state index in [4.69, 9.17) is 14.7 Å². The summed E-state index contributed by atoms with van der Waals surface area (Å²) >= 11 is 0. The molecule has 5 atom stereocenters. The number of hydrogen-bond acceptors (Lipinski definition) is 4. The first-order valence-electron chi connectivity index (χ1n) is 7.47. The van der Waals surface area contributed by atoms with Crippen LogP contribution in [0, 0.1) is 17.2 Å². The maximum absolute atomic E-state index is 9.78. The highest BCUT2D eigenvalue weighted by molar-refractivity contribution is 5.01. The topological polar surface area (TPSA) is 62.5 Å². The monoisotopic (exact) mass is 267 g/mol. The fraction of sp³-hybridized carbons (Fsp3) is 0.933. The second kappa shape index (κ2) is 6.21. The summed E-state index contributed by atoms with van der Waals surface area (Å²) in [5.74, 6) is 0.00560. The van der Waals surface area contributed by atoms with Crippen LogP contribution in [0.25, 0.3) is 0 Å². The van der Waals surface area contributed by atoms with Gasteiger partial charge in [0.05, 0.1) is 31.0 Å². The Morgan fingerprint density at radius 2 is 2.21 bits per heavy atom. The molecule has 0 aromatic rings. The minimum atomic E-state index is -0.516. The minimum absolute atomic E-state index is 0.00560. The van der Waals surface area contributed by atoms with Crippen LogP contribution in [0.15, 0.2) is 0 Å². The Morgan fingerprint density at radius 1 is 1.42 bits per heavy atom. The van der Waals surface area contributed by atoms with E-state index in [2.05, 4.69) is 13.0 Å². The smallest absolute Gasteiger partial charge is 0.120 e. The van der Waals surface area contributed by atoms with Crippen molar-refractivity contribution in [3.8, 4) is 6.07 Å². The molecule has 2 saturated heterocycles. The fourth-order valence-corrected chi connectivity index (χ4v) is 3.41. The van der Waals surface area contributed by atoms with Crippen molar-refractivity contribution in [3.05, 3.63) is 0 Å². The summed E-state index contributed by atoms with van der Waals surface area (Å²) < 4.78 is 12.2. The molecule has 2 fully saturated rings. The number of nitriles is 1. The standard InChI is InChI=1S/C15H25NO3/c1-3-4-13-8-15(10-17)14(18-13)6-5-12(19-15)7-11(2)9-16/h11-14,17H,3-8,10H2,1-2H3/t11-,12?,13?,14?,15?/m1/s1. The van der Waals surface area contributed by atoms with E-state index >= 15 is 0 Å². The Morgan fingerprint density at radius 3 is 2.84 bits per heavy atom. The van der Waals surface area contributed by atoms with E-state index in [9.17, 15) is 5.11 Å². The summed E-state index contributed by atoms with van der Waals surface area (Å²) in [6, 6.07) is 2.26. The number of rotatable bonds is 5. The van der Waals surface area contributed by atoms with Gasteiger partial charge in [-0.15, -0.1) is 0 Å². The van der Waals surface area contributed by atoms with E-state index < -0.39 is 5.60 Å². The van der Waals surface area contributed by atoms with Gasteiger partial charge in [-0.25, -0.2) is 0 Å². The SMILES string of the molecule is CCCC1CC2(CO)OC(C[C@@H](C)C#N)CCC2O1. The molecule has 0 saturated carbocycles. The lowest BCUT2D eigenvalue weighted by molar-refractivity contribution is -0.185. The molecule has 4 heteroatoms. The Hall–Kier alpha value is -0.630. The van der Waals surface area contributed by atoms with Gasteiger partial charge < -0.3 is 14.6 Å². The second-order valence-electron chi connectivity index (χ2n) is 6.05. The fourth-order valence-electron chi connectivity index (χ4n) is 3.41. The summed E-state index contributed by atoms with van der Waals surface area (Å²) in [6.45, 7) is 4.09. The van der Waals surface area contributed by atoms with E-state index in [1.807, 2.05) is 6.92 Å². The van der Waals surface area contributed by atoms with E-state index in [1.165, 1.54) is 0 Å². The first kappa shape index (κ1) is 14.8. The molecule has 0 bridgehead atoms. The van der Waals surface area contributed by atoms with Gasteiger partial charge in [-0.2, -0.15) is 5.26 Å². The molecule has 1 N–H and O–H groups in total. The van der Waals surface area contributed by atoms with Crippen LogP contribution in [-0.4, -0.2) is 35.6 Å². The van der Waals surface area contributed by atoms with Gasteiger partial charge in [-0.3, -0.25) is 0 Å². The van der Waals surface area contributed by atoms with Gasteiger partial charge in [-0.1, -0.05) is 13.3 Å². The van der Waals surface area contributed by atoms with Crippen LogP contribution in [0.4, 0.5) is 0 Å². The lowest BCUT2D eigenvalue weighted by Crippen LogP contribution is -2.51. The zero-order chi connectivity index (χ0) is 13.9. The third-order valence-electron chi connectivity index (χ3n) is 4.38. The number of aliphatic hydroxyl groups is 1. The van der Waals surface area contributed by atoms with Crippen molar-refractivity contribution in [2.45, 2.75) is 76.3 Å². The highest BCUT2D eigenvalue weighted by atomic mass is 16.6. The quantitative estimate of drug-likeness (QED) is 0.831. The number of fused-ring (bicyclic) bond motifs is 1. The number of ether oxygens (including phenoxy) is 2. The Labute approximate surface area is 115 Å². The molecular formula is C15H25NO3. The van der Waals surface area contributed by atoms with Crippen LogP contribution in [-0.2, 0) is 9.47 Å². The Kier molecular flexibility index (Phi) is 4.83. The molecule has 2 rings (SSSR count). The molecule has 2 heterocycles. The van der Waals surface area contributed by atoms with E-state index in [1.54, 1.807) is 0 Å². The van der Waals surface area contributed by atoms with Crippen LogP contribution >= 0.6 is 0 Å². The summed E-state index contributed by atoms with van der Waals surface area (Å²) in [7, 11) is 0. The number of nitrogens with zero attached hydrogens (tertiary/aromatic N) is 1. The molecule has 0 aromatic heterocycles. The lowest BCUT2D eigenvalue weighted by Gasteiger charge is -2.41. The van der Waals surface area contributed by atoms with Gasteiger partial charge in [0.25, 0.3) is 0 Å². The van der Waals surface area contributed by atoms with Crippen LogP contribution in [0.2, 0.25) is 0 Å². The number of aliphatic hydroxyl groups excluding tert-OH is 1. The molecule has 2 aliphatic heterocycles. The first-order valence-corrected chi connectivity index (χ1v) is 7.47. The molecule has 108 valence electrons. The molecule has 19 heavy (non-hydrogen) atoms. The largest absolute Gasteiger partial charge is 0.393 e. The molecule has 0 aliphatic carbocycles. The Balaban J connectivity index is 2.00. The zero-order valence-corrected chi connectivity index (χ0v) is 12.0. The van der Waals surface area contributed by atoms with Crippen molar-refractivity contribution in [1.29, 1.82) is 5.26 Å². The van der Waals surface area contributed by atoms with Crippen LogP contribution < -0.4 is 0 Å². The average molecular weight is 267 g/mol. The van der Waals surface area contributed by atoms with Crippen LogP contribution in [0.3, 0.4) is 0 Å². The molecule has 0 spiro atoms. The molecule has 0 aromatic carbocycles. The zero-order valence-electron chi connectivity index (χ0n) is 12.0. The van der Waals surface area contributed by atoms with Crippen LogP contribution in [0.5, 0.6) is 0 Å². The Bertz CT molecular complexity index is 341. The average Bonchev–Trinajstić information content (AvgIpc) is 2.77. The van der Waals surface area contributed by atoms with Crippen molar-refractivity contribution in [2.75, 3.05) is 6.61 Å². The van der Waals surface area contributed by atoms with Gasteiger partial charge in [0.15, 0.2) is 0 Å². The second-order valence-corrected chi connectivity index (χ2v) is 6.05. The summed E-state index contributed by atoms with van der Waals surface area (Å²) in [6.07, 6.45) is 5.86. The molecule has 0 amide bonds. The molecule has 4 unspecified atom stereocenters. The molecule has 0 radical (unpaired) electrons. The van der Waals surface area contributed by atoms with Gasteiger partial charge >= 0.3 is 0 Å². The van der Waals surface area contributed by atoms with E-state index in [0.29, 0.717) is 0 Å². The first-order chi connectivity index (χ1) is 9.13. The van der Waals surface area contributed by atoms with Gasteiger partial charge in [0.2, 0.25) is 0 Å².